The summed E-state index contributed by atoms with van der Waals surface area (Å²) < 4.78 is 16.9. The van der Waals surface area contributed by atoms with Crippen molar-refractivity contribution in [1.29, 1.82) is 0 Å². The Bertz CT molecular complexity index is 1360. The second-order valence-corrected chi connectivity index (χ2v) is 7.67. The number of aromatic nitrogens is 4. The number of fused-ring (bicyclic) bond motifs is 2. The first-order chi connectivity index (χ1) is 15.0. The van der Waals surface area contributed by atoms with Gasteiger partial charge >= 0.3 is 0 Å². The van der Waals surface area contributed by atoms with Gasteiger partial charge in [-0.1, -0.05) is 12.1 Å². The molecule has 31 heavy (non-hydrogen) atoms. The van der Waals surface area contributed by atoms with Gasteiger partial charge in [0.2, 0.25) is 0 Å². The maximum absolute atomic E-state index is 13.4. The van der Waals surface area contributed by atoms with Gasteiger partial charge in [0.1, 0.15) is 23.5 Å². The quantitative estimate of drug-likeness (QED) is 0.554. The number of rotatable bonds is 4. The molecule has 1 atom stereocenters. The molecule has 1 N–H and O–H groups in total. The largest absolute Gasteiger partial charge is 0.338 e. The summed E-state index contributed by atoms with van der Waals surface area (Å²) in [5.74, 6) is 0.692. The summed E-state index contributed by atoms with van der Waals surface area (Å²) in [5.41, 5.74) is 1.55. The lowest BCUT2D eigenvalue weighted by atomic mass is 10.0. The number of imidazole rings is 1. The summed E-state index contributed by atoms with van der Waals surface area (Å²) in [4.78, 5) is 34.8. The molecule has 0 spiro atoms. The number of halogens is 1. The van der Waals surface area contributed by atoms with Crippen LogP contribution in [-0.4, -0.2) is 25.0 Å². The first-order valence-electron chi connectivity index (χ1n) is 10.1. The van der Waals surface area contributed by atoms with E-state index in [0.717, 1.165) is 18.7 Å². The van der Waals surface area contributed by atoms with Crippen LogP contribution in [0.5, 0.6) is 0 Å². The van der Waals surface area contributed by atoms with Gasteiger partial charge in [0, 0.05) is 38.0 Å². The molecule has 3 heterocycles. The molecule has 4 aromatic rings. The van der Waals surface area contributed by atoms with Crippen LogP contribution >= 0.6 is 0 Å². The van der Waals surface area contributed by atoms with E-state index in [0.29, 0.717) is 34.4 Å². The molecule has 0 bridgehead atoms. The molecule has 0 saturated carbocycles. The summed E-state index contributed by atoms with van der Waals surface area (Å²) in [7, 11) is 1.83. The molecule has 1 aliphatic rings. The van der Waals surface area contributed by atoms with Crippen molar-refractivity contribution in [2.24, 2.45) is 7.05 Å². The van der Waals surface area contributed by atoms with Crippen molar-refractivity contribution in [2.75, 3.05) is 0 Å². The van der Waals surface area contributed by atoms with E-state index in [1.54, 1.807) is 51.9 Å². The Hall–Kier alpha value is -3.81. The van der Waals surface area contributed by atoms with E-state index in [4.69, 9.17) is 0 Å². The Kier molecular flexibility index (Phi) is 4.62. The van der Waals surface area contributed by atoms with Crippen molar-refractivity contribution < 1.29 is 9.18 Å². The number of amides is 1. The first kappa shape index (κ1) is 19.2. The van der Waals surface area contributed by atoms with Crippen LogP contribution < -0.4 is 10.9 Å². The van der Waals surface area contributed by atoms with Gasteiger partial charge in [-0.25, -0.2) is 14.4 Å². The van der Waals surface area contributed by atoms with Gasteiger partial charge < -0.3 is 9.88 Å². The van der Waals surface area contributed by atoms with Gasteiger partial charge in [0.15, 0.2) is 0 Å². The molecule has 0 fully saturated rings. The van der Waals surface area contributed by atoms with Crippen LogP contribution in [0.25, 0.3) is 10.9 Å². The highest BCUT2D eigenvalue weighted by atomic mass is 19.1. The third-order valence-corrected chi connectivity index (χ3v) is 5.67. The zero-order valence-corrected chi connectivity index (χ0v) is 16.9. The predicted molar refractivity (Wildman–Crippen MR) is 113 cm³/mol. The highest BCUT2D eigenvalue weighted by Gasteiger charge is 2.22. The molecule has 0 radical (unpaired) electrons. The summed E-state index contributed by atoms with van der Waals surface area (Å²) in [6, 6.07) is 10.3. The number of nitrogens with zero attached hydrogens (tertiary/aromatic N) is 4. The Morgan fingerprint density at radius 1 is 1.19 bits per heavy atom. The summed E-state index contributed by atoms with van der Waals surface area (Å²) in [6.45, 7) is 0.683. The summed E-state index contributed by atoms with van der Waals surface area (Å²) >= 11 is 0. The van der Waals surface area contributed by atoms with Crippen molar-refractivity contribution in [3.05, 3.63) is 93.8 Å². The number of carbonyl (C=O) groups excluding carboxylic acids is 1. The van der Waals surface area contributed by atoms with Crippen LogP contribution in [0.3, 0.4) is 0 Å². The molecule has 0 unspecified atom stereocenters. The second kappa shape index (κ2) is 7.46. The fourth-order valence-corrected chi connectivity index (χ4v) is 4.05. The zero-order chi connectivity index (χ0) is 21.5. The first-order valence-corrected chi connectivity index (χ1v) is 10.1. The minimum Gasteiger partial charge on any atom is -0.338 e. The van der Waals surface area contributed by atoms with Gasteiger partial charge in [-0.2, -0.15) is 0 Å². The van der Waals surface area contributed by atoms with E-state index in [1.165, 1.54) is 12.1 Å². The maximum atomic E-state index is 13.4. The van der Waals surface area contributed by atoms with E-state index < -0.39 is 6.04 Å². The summed E-state index contributed by atoms with van der Waals surface area (Å²) in [5, 5.41) is 3.49. The topological polar surface area (TPSA) is 81.8 Å². The van der Waals surface area contributed by atoms with Crippen LogP contribution in [0, 0.1) is 5.82 Å². The molecule has 2 aromatic carbocycles. The zero-order valence-electron chi connectivity index (χ0n) is 16.9. The average molecular weight is 417 g/mol. The normalized spacial score (nSPS) is 13.9. The van der Waals surface area contributed by atoms with Gasteiger partial charge in [0.05, 0.1) is 10.9 Å². The van der Waals surface area contributed by atoms with Crippen molar-refractivity contribution >= 4 is 16.8 Å². The lowest BCUT2D eigenvalue weighted by molar-refractivity contribution is 0.0941. The number of nitrogens with one attached hydrogen (secondary N) is 1. The fourth-order valence-electron chi connectivity index (χ4n) is 4.05. The molecule has 1 amide bonds. The average Bonchev–Trinajstić information content (AvgIpc) is 3.41. The number of benzene rings is 2. The Morgan fingerprint density at radius 2 is 2.00 bits per heavy atom. The Labute approximate surface area is 177 Å². The van der Waals surface area contributed by atoms with E-state index in [-0.39, 0.29) is 17.3 Å². The highest BCUT2D eigenvalue weighted by molar-refractivity contribution is 5.98. The molecule has 2 aromatic heterocycles. The molecule has 0 saturated heterocycles. The minimum atomic E-state index is -0.567. The highest BCUT2D eigenvalue weighted by Crippen LogP contribution is 2.22. The molecular weight excluding hydrogens is 397 g/mol. The van der Waals surface area contributed by atoms with Gasteiger partial charge in [-0.15, -0.1) is 0 Å². The molecule has 5 rings (SSSR count). The van der Waals surface area contributed by atoms with Crippen LogP contribution in [0.15, 0.2) is 59.7 Å². The SMILES string of the molecule is Cn1ccnc1[C@@H](NC(=O)c1ccc2c(=O)n3c(nc2c1)CCC3)c1ccc(F)cc1. The molecular formula is C23H20FN5O2. The van der Waals surface area contributed by atoms with Crippen molar-refractivity contribution in [3.8, 4) is 0 Å². The van der Waals surface area contributed by atoms with Gasteiger partial charge in [-0.05, 0) is 42.3 Å². The van der Waals surface area contributed by atoms with Crippen LogP contribution in [0.2, 0.25) is 0 Å². The van der Waals surface area contributed by atoms with E-state index in [9.17, 15) is 14.0 Å². The van der Waals surface area contributed by atoms with Crippen LogP contribution in [0.4, 0.5) is 4.39 Å². The molecule has 0 aliphatic carbocycles. The third kappa shape index (κ3) is 3.39. The number of hydrogen-bond acceptors (Lipinski definition) is 4. The Morgan fingerprint density at radius 3 is 2.74 bits per heavy atom. The van der Waals surface area contributed by atoms with Crippen LogP contribution in [0.1, 0.15) is 40.0 Å². The third-order valence-electron chi connectivity index (χ3n) is 5.67. The van der Waals surface area contributed by atoms with Gasteiger partial charge in [-0.3, -0.25) is 14.2 Å². The van der Waals surface area contributed by atoms with Gasteiger partial charge in [0.25, 0.3) is 11.5 Å². The monoisotopic (exact) mass is 417 g/mol. The smallest absolute Gasteiger partial charge is 0.261 e. The maximum Gasteiger partial charge on any atom is 0.261 e. The summed E-state index contributed by atoms with van der Waals surface area (Å²) in [6.07, 6.45) is 5.08. The molecule has 8 heteroatoms. The number of hydrogen-bond donors (Lipinski definition) is 1. The molecule has 1 aliphatic heterocycles. The lowest BCUT2D eigenvalue weighted by Crippen LogP contribution is -2.31. The Balaban J connectivity index is 1.51. The lowest BCUT2D eigenvalue weighted by Gasteiger charge is -2.19. The molecule has 7 nitrogen and oxygen atoms in total. The second-order valence-electron chi connectivity index (χ2n) is 7.67. The predicted octanol–water partition coefficient (Wildman–Crippen LogP) is 2.73. The fraction of sp³-hybridized carbons (Fsp3) is 0.217. The molecule has 156 valence electrons. The number of aryl methyl sites for hydroxylation is 2. The standard InChI is InChI=1S/C23H20FN5O2/c1-28-12-10-25-21(28)20(14-4-7-16(24)8-5-14)27-22(30)15-6-9-17-18(13-15)26-19-3-2-11-29(19)23(17)31/h4-10,12-13,20H,2-3,11H2,1H3,(H,27,30)/t20-/m0/s1. The van der Waals surface area contributed by atoms with Crippen molar-refractivity contribution in [2.45, 2.75) is 25.4 Å². The van der Waals surface area contributed by atoms with Crippen molar-refractivity contribution in [3.63, 3.8) is 0 Å². The van der Waals surface area contributed by atoms with E-state index >= 15 is 0 Å². The van der Waals surface area contributed by atoms with E-state index in [1.807, 2.05) is 7.05 Å². The van der Waals surface area contributed by atoms with E-state index in [2.05, 4.69) is 15.3 Å². The number of carbonyl (C=O) groups is 1. The van der Waals surface area contributed by atoms with Crippen molar-refractivity contribution in [1.82, 2.24) is 24.4 Å². The van der Waals surface area contributed by atoms with Crippen LogP contribution in [-0.2, 0) is 20.0 Å². The minimum absolute atomic E-state index is 0.0679.